The molecule has 41 nitrogen and oxygen atoms in total. The first-order valence-corrected chi connectivity index (χ1v) is 50.0. The quantitative estimate of drug-likeness (QED) is 0.0130. The number of benzene rings is 8. The van der Waals surface area contributed by atoms with Crippen molar-refractivity contribution in [2.45, 2.75) is 84.5 Å². The number of hydrogen-bond acceptors (Lipinski definition) is 32. The minimum Gasteiger partial charge on any atom is -0.491 e. The fraction of sp³-hybridized carbons (Fsp3) is 0.250. The van der Waals surface area contributed by atoms with Crippen LogP contribution in [0, 0.1) is 0 Å². The number of amides is 5. The molecule has 0 bridgehead atoms. The molecule has 1 saturated heterocycles. The normalized spacial score (nSPS) is 12.3. The zero-order valence-electron chi connectivity index (χ0n) is 84.3. The van der Waals surface area contributed by atoms with Gasteiger partial charge >= 0.3 is 0 Å². The van der Waals surface area contributed by atoms with Crippen LogP contribution in [0.15, 0.2) is 257 Å². The van der Waals surface area contributed by atoms with Crippen LogP contribution >= 0.6 is 0 Å². The number of hydroxylamine groups is 4. The molecule has 774 valence electrons. The summed E-state index contributed by atoms with van der Waals surface area (Å²) >= 11 is 0. The van der Waals surface area contributed by atoms with E-state index in [1.165, 1.54) is 112 Å². The molecule has 1 aliphatic carbocycles. The van der Waals surface area contributed by atoms with Gasteiger partial charge in [0.25, 0.3) is 29.5 Å². The van der Waals surface area contributed by atoms with Crippen molar-refractivity contribution in [3.05, 3.63) is 340 Å². The van der Waals surface area contributed by atoms with Crippen molar-refractivity contribution in [2.24, 2.45) is 0 Å². The summed E-state index contributed by atoms with van der Waals surface area (Å²) in [6.45, 7) is 10.9. The highest BCUT2D eigenvalue weighted by molar-refractivity contribution is 7.89. The molecule has 8 aromatic carbocycles. The van der Waals surface area contributed by atoms with Crippen LogP contribution in [0.2, 0.25) is 0 Å². The Bertz CT molecular complexity index is 7990. The lowest BCUT2D eigenvalue weighted by atomic mass is 9.89. The lowest BCUT2D eigenvalue weighted by Crippen LogP contribution is -2.29. The maximum atomic E-state index is 13.2. The number of aromatic nitrogens is 12. The number of carbonyl (C=O) groups is 5. The van der Waals surface area contributed by atoms with Crippen LogP contribution in [0.4, 0.5) is 52.2 Å². The standard InChI is InChI=1S/C29H32N6O3.C27H30N6O4.C26H24N6O6S.C26H27N5O5/c1-4-19-6-5-7-23(16-19)35-18-25(28(37)33-38-3)26(36)24-17-30-29(32-27(24)35)31-22-10-8-20(9-11-22)21-12-14-34(2)15-13-21;1-4-18-6-12-21(13-7-18)33-17-23(26(35)32-37-3)24(34)22-16-29-27(31-25(22)33)30-20-10-8-19(9-11-20)28-14-5-15-36-2;1-38-30-25(35)21-14-32(19-11-8-15-4-3-5-17(15)12-19)23-20(22(21)33)13-27-26(29-23)28-18-9-6-16(7-10-18)24(34)31-39(2,36)37;1-4-17-8-10-19(11-9-17)31-16-22(25(33)30-35-3)23(32)21-15-27-26(29-24(21)31)28-18-6-5-7-20(14-18)36-13-12-34-2/h5-11,16-18,21H,4,12-15H2,1-3H3,(H,33,37)(H,30,31,32);6-13,16-17,28H,4-5,14-15H2,1-3H3,(H,32,35)(H,29,30,31);6-14H,3-5H2,1-2H3,(H,30,35)(H,31,34)(H,27,28,29);5-11,14-16H,4,12-13H2,1-3H3,(H,30,33)(H,27,28,29). The number of carbonyl (C=O) groups excluding carboxylic acids is 5. The molecule has 18 rings (SSSR count). The molecule has 0 unspecified atom stereocenters. The first-order chi connectivity index (χ1) is 72.7. The Hall–Kier alpha value is -17.3. The number of rotatable bonds is 35. The molecule has 0 radical (unpaired) electrons. The Morgan fingerprint density at radius 2 is 0.780 bits per heavy atom. The molecule has 1 aliphatic heterocycles. The molecule has 5 amide bonds. The van der Waals surface area contributed by atoms with Crippen molar-refractivity contribution in [3.8, 4) is 28.5 Å². The van der Waals surface area contributed by atoms with Crippen molar-refractivity contribution in [1.29, 1.82) is 0 Å². The van der Waals surface area contributed by atoms with Crippen LogP contribution in [0.3, 0.4) is 0 Å². The summed E-state index contributed by atoms with van der Waals surface area (Å²) in [4.78, 5) is 172. The Morgan fingerprint density at radius 1 is 0.393 bits per heavy atom. The summed E-state index contributed by atoms with van der Waals surface area (Å²) in [6, 6.07) is 59.1. The number of sulfonamides is 1. The van der Waals surface area contributed by atoms with Crippen molar-refractivity contribution < 1.29 is 66.0 Å². The van der Waals surface area contributed by atoms with Crippen molar-refractivity contribution in [1.82, 2.24) is 89.7 Å². The summed E-state index contributed by atoms with van der Waals surface area (Å²) in [5.74, 6) is -1.01. The zero-order chi connectivity index (χ0) is 106. The number of anilines is 9. The molecule has 16 aromatic rings. The summed E-state index contributed by atoms with van der Waals surface area (Å²) in [6.07, 6.45) is 21.3. The highest BCUT2D eigenvalue weighted by Gasteiger charge is 2.27. The molecule has 150 heavy (non-hydrogen) atoms. The predicted octanol–water partition coefficient (Wildman–Crippen LogP) is 13.4. The number of nitrogens with one attached hydrogen (secondary N) is 10. The Balaban J connectivity index is 0.000000149. The van der Waals surface area contributed by atoms with E-state index >= 15 is 0 Å². The molecular formula is C108H113N23O18S. The average molecular weight is 2050 g/mol. The van der Waals surface area contributed by atoms with Gasteiger partial charge in [-0.1, -0.05) is 81.4 Å². The second kappa shape index (κ2) is 50.2. The second-order valence-corrected chi connectivity index (χ2v) is 36.6. The highest BCUT2D eigenvalue weighted by atomic mass is 32.2. The second-order valence-electron chi connectivity index (χ2n) is 34.8. The summed E-state index contributed by atoms with van der Waals surface area (Å²) in [5.41, 5.74) is 22.2. The first kappa shape index (κ1) is 107. The van der Waals surface area contributed by atoms with E-state index in [9.17, 15) is 51.6 Å². The van der Waals surface area contributed by atoms with E-state index in [0.717, 1.165) is 135 Å². The van der Waals surface area contributed by atoms with Gasteiger partial charge in [-0.25, -0.2) is 55.0 Å². The van der Waals surface area contributed by atoms with Gasteiger partial charge in [0.1, 0.15) is 34.6 Å². The first-order valence-electron chi connectivity index (χ1n) is 48.1. The molecule has 0 atom stereocenters. The Labute approximate surface area is 861 Å². The summed E-state index contributed by atoms with van der Waals surface area (Å²) in [7, 11) is 7.00. The smallest absolute Gasteiger partial charge is 0.280 e. The van der Waals surface area contributed by atoms with Crippen LogP contribution in [0.5, 0.6) is 5.75 Å². The van der Waals surface area contributed by atoms with E-state index in [-0.39, 0.29) is 66.9 Å². The monoisotopic (exact) mass is 2050 g/mol. The number of methoxy groups -OCH3 is 2. The third kappa shape index (κ3) is 26.6. The molecule has 42 heteroatoms. The van der Waals surface area contributed by atoms with Crippen LogP contribution < -0.4 is 79.7 Å². The van der Waals surface area contributed by atoms with Gasteiger partial charge in [0, 0.05) is 140 Å². The molecular weight excluding hydrogens is 1940 g/mol. The summed E-state index contributed by atoms with van der Waals surface area (Å²) in [5, 5.41) is 16.7. The van der Waals surface area contributed by atoms with Gasteiger partial charge in [-0.2, -0.15) is 19.9 Å². The maximum Gasteiger partial charge on any atom is 0.280 e. The van der Waals surface area contributed by atoms with Gasteiger partial charge in [-0.3, -0.25) is 62.5 Å². The lowest BCUT2D eigenvalue weighted by molar-refractivity contribution is 0.0532. The number of pyridine rings is 4. The van der Waals surface area contributed by atoms with E-state index in [0.29, 0.717) is 71.7 Å². The number of aryl methyl sites for hydroxylation is 5. The average Bonchev–Trinajstić information content (AvgIpc) is 0.988. The number of ether oxygens (including phenoxy) is 3. The Kier molecular flexibility index (Phi) is 35.8. The fourth-order valence-corrected chi connectivity index (χ4v) is 17.2. The number of hydrogen-bond donors (Lipinski definition) is 10. The van der Waals surface area contributed by atoms with Gasteiger partial charge in [-0.15, -0.1) is 0 Å². The van der Waals surface area contributed by atoms with Gasteiger partial charge in [-0.05, 0) is 239 Å². The van der Waals surface area contributed by atoms with Gasteiger partial charge in [0.2, 0.25) is 55.5 Å². The highest BCUT2D eigenvalue weighted by Crippen LogP contribution is 2.33. The zero-order valence-corrected chi connectivity index (χ0v) is 85.1. The van der Waals surface area contributed by atoms with Crippen molar-refractivity contribution in [3.63, 3.8) is 0 Å². The van der Waals surface area contributed by atoms with Gasteiger partial charge < -0.3 is 64.0 Å². The lowest BCUT2D eigenvalue weighted by Gasteiger charge is -2.29. The summed E-state index contributed by atoms with van der Waals surface area (Å²) < 4.78 is 47.1. The van der Waals surface area contributed by atoms with E-state index in [1.807, 2.05) is 156 Å². The van der Waals surface area contributed by atoms with E-state index in [2.05, 4.69) is 128 Å². The van der Waals surface area contributed by atoms with Crippen molar-refractivity contribution in [2.75, 3.05) is 122 Å². The third-order valence-corrected chi connectivity index (χ3v) is 25.2. The SMILES string of the molecule is CCc1ccc(-n2cc(C(=O)NOC)c(=O)c3cnc(Nc4ccc(NCCCOC)cc4)nc32)cc1.CCc1ccc(-n2cc(C(=O)NOC)c(=O)c3cnc(Nc4cccc(OCCOC)c4)nc32)cc1.CCc1cccc(-n2cc(C(=O)NOC)c(=O)c3cnc(Nc4ccc(C5CCN(C)CC5)cc4)nc32)c1.CONC(=O)c1cn(-c2ccc3c(c2)CCC3)c2nc(Nc3ccc(C(=O)NS(C)(=O)=O)cc3)ncc2c1=O. The van der Waals surface area contributed by atoms with Gasteiger partial charge in [0.05, 0.1) is 62.8 Å². The molecule has 1 fully saturated rings. The van der Waals surface area contributed by atoms with E-state index < -0.39 is 61.3 Å². The topological polar surface area (TPSA) is 499 Å². The van der Waals surface area contributed by atoms with E-state index in [1.54, 1.807) is 44.6 Å². The molecule has 9 heterocycles. The molecule has 8 aromatic heterocycles. The molecule has 0 spiro atoms. The van der Waals surface area contributed by atoms with Gasteiger partial charge in [0.15, 0.2) is 22.6 Å². The number of likely N-dealkylation sites (tertiary alicyclic amines) is 1. The van der Waals surface area contributed by atoms with Crippen LogP contribution in [-0.2, 0) is 71.0 Å². The number of nitrogens with zero attached hydrogens (tertiary/aromatic N) is 13. The largest absolute Gasteiger partial charge is 0.491 e. The van der Waals surface area contributed by atoms with Crippen molar-refractivity contribution >= 4 is 136 Å². The molecule has 2 aliphatic rings. The minimum atomic E-state index is -3.69. The number of piperidine rings is 1. The molecule has 10 N–H and O–H groups in total. The van der Waals surface area contributed by atoms with Crippen LogP contribution in [0.1, 0.15) is 138 Å². The maximum absolute atomic E-state index is 13.2. The van der Waals surface area contributed by atoms with Crippen LogP contribution in [-0.4, -0.2) is 196 Å². The molecule has 0 saturated carbocycles. The van der Waals surface area contributed by atoms with E-state index in [4.69, 9.17) is 38.5 Å². The minimum absolute atomic E-state index is 0.0601. The predicted molar refractivity (Wildman–Crippen MR) is 572 cm³/mol. The number of fused-ring (bicyclic) bond motifs is 5. The van der Waals surface area contributed by atoms with Crippen LogP contribution in [0.25, 0.3) is 66.9 Å². The Morgan fingerprint density at radius 3 is 1.20 bits per heavy atom. The fourth-order valence-electron chi connectivity index (χ4n) is 16.8. The third-order valence-electron chi connectivity index (χ3n) is 24.6.